The van der Waals surface area contributed by atoms with E-state index in [4.69, 9.17) is 11.6 Å². The number of aliphatic hydroxyl groups is 1. The molecule has 2 aromatic carbocycles. The lowest BCUT2D eigenvalue weighted by atomic mass is 10.0. The zero-order chi connectivity index (χ0) is 28.3. The summed E-state index contributed by atoms with van der Waals surface area (Å²) in [5.74, 6) is -0.367. The summed E-state index contributed by atoms with van der Waals surface area (Å²) in [6.45, 7) is 0.304. The topological polar surface area (TPSA) is 109 Å². The van der Waals surface area contributed by atoms with Crippen molar-refractivity contribution in [2.24, 2.45) is 7.05 Å². The van der Waals surface area contributed by atoms with Gasteiger partial charge in [-0.25, -0.2) is 9.67 Å². The standard InChI is InChI=1S/C27H22ClF3N6O3/c1-35-24-19(12-32-35)23-21(22(33-24)14-4-2-5-15(10-14)27(29,30)31)26(40)37(34-23)16-7-8-20(28)18(11-16)25(39)36-9-3-6-17(36)13-38/h2,4-5,7-8,10-12,17,34,38H,3,6,9,13H2,1H3/t17-/m1/s1. The van der Waals surface area contributed by atoms with Gasteiger partial charge in [0.1, 0.15) is 0 Å². The Bertz CT molecular complexity index is 1860. The number of nitrogens with zero attached hydrogens (tertiary/aromatic N) is 5. The largest absolute Gasteiger partial charge is 0.416 e. The minimum absolute atomic E-state index is 0.0605. The number of likely N-dealkylation sites (tertiary alicyclic amines) is 1. The summed E-state index contributed by atoms with van der Waals surface area (Å²) in [6.07, 6.45) is -1.64. The van der Waals surface area contributed by atoms with Crippen molar-refractivity contribution >= 4 is 39.4 Å². The summed E-state index contributed by atoms with van der Waals surface area (Å²) in [4.78, 5) is 33.3. The molecule has 40 heavy (non-hydrogen) atoms. The van der Waals surface area contributed by atoms with Crippen LogP contribution in [0.5, 0.6) is 0 Å². The van der Waals surface area contributed by atoms with Crippen LogP contribution in [0.1, 0.15) is 28.8 Å². The number of benzene rings is 2. The Morgan fingerprint density at radius 2 is 2.02 bits per heavy atom. The first-order chi connectivity index (χ1) is 19.1. The fraction of sp³-hybridized carbons (Fsp3) is 0.259. The number of nitrogens with one attached hydrogen (secondary N) is 1. The fourth-order valence-electron chi connectivity index (χ4n) is 5.25. The molecule has 9 nitrogen and oxygen atoms in total. The molecule has 0 saturated carbocycles. The third-order valence-corrected chi connectivity index (χ3v) is 7.60. The molecule has 1 aliphatic rings. The van der Waals surface area contributed by atoms with Crippen LogP contribution in [0, 0.1) is 0 Å². The van der Waals surface area contributed by atoms with Crippen LogP contribution in [0.15, 0.2) is 53.5 Å². The summed E-state index contributed by atoms with van der Waals surface area (Å²) in [7, 11) is 1.64. The summed E-state index contributed by atoms with van der Waals surface area (Å²) >= 11 is 6.38. The van der Waals surface area contributed by atoms with Gasteiger partial charge < -0.3 is 10.0 Å². The Hall–Kier alpha value is -4.16. The summed E-state index contributed by atoms with van der Waals surface area (Å²) in [6, 6.07) is 8.84. The summed E-state index contributed by atoms with van der Waals surface area (Å²) < 4.78 is 43.2. The average Bonchev–Trinajstić information content (AvgIpc) is 3.65. The molecule has 2 N–H and O–H groups in total. The summed E-state index contributed by atoms with van der Waals surface area (Å²) in [5, 5.41) is 17.7. The molecule has 6 rings (SSSR count). The molecule has 206 valence electrons. The van der Waals surface area contributed by atoms with E-state index >= 15 is 0 Å². The van der Waals surface area contributed by atoms with Crippen LogP contribution in [0.25, 0.3) is 38.9 Å². The molecule has 5 aromatic rings. The van der Waals surface area contributed by atoms with Gasteiger partial charge in [-0.05, 0) is 43.2 Å². The highest BCUT2D eigenvalue weighted by Crippen LogP contribution is 2.35. The average molecular weight is 571 g/mol. The number of rotatable bonds is 4. The number of carbonyl (C=O) groups is 1. The van der Waals surface area contributed by atoms with E-state index in [0.29, 0.717) is 35.2 Å². The third kappa shape index (κ3) is 4.14. The maximum atomic E-state index is 13.9. The Kier molecular flexibility index (Phi) is 6.19. The van der Waals surface area contributed by atoms with E-state index in [1.807, 2.05) is 0 Å². The molecule has 1 fully saturated rings. The van der Waals surface area contributed by atoms with Gasteiger partial charge in [0.05, 0.1) is 62.7 Å². The molecular formula is C27H22ClF3N6O3. The number of pyridine rings is 1. The van der Waals surface area contributed by atoms with Gasteiger partial charge in [0.15, 0.2) is 5.65 Å². The van der Waals surface area contributed by atoms with Gasteiger partial charge >= 0.3 is 6.18 Å². The van der Waals surface area contributed by atoms with Gasteiger partial charge in [-0.3, -0.25) is 19.4 Å². The Balaban J connectivity index is 1.56. The molecule has 0 bridgehead atoms. The van der Waals surface area contributed by atoms with Crippen molar-refractivity contribution in [3.05, 3.63) is 75.2 Å². The molecule has 1 aliphatic heterocycles. The molecule has 1 amide bonds. The predicted molar refractivity (Wildman–Crippen MR) is 143 cm³/mol. The second-order valence-corrected chi connectivity index (χ2v) is 10.1. The maximum Gasteiger partial charge on any atom is 0.416 e. The molecule has 0 aliphatic carbocycles. The van der Waals surface area contributed by atoms with Crippen molar-refractivity contribution < 1.29 is 23.1 Å². The number of aromatic amines is 1. The molecule has 0 unspecified atom stereocenters. The van der Waals surface area contributed by atoms with E-state index < -0.39 is 17.3 Å². The minimum atomic E-state index is -4.58. The Morgan fingerprint density at radius 3 is 2.77 bits per heavy atom. The van der Waals surface area contributed by atoms with Gasteiger partial charge in [-0.2, -0.15) is 18.3 Å². The van der Waals surface area contributed by atoms with Crippen LogP contribution >= 0.6 is 11.6 Å². The molecule has 0 radical (unpaired) electrons. The van der Waals surface area contributed by atoms with Gasteiger partial charge in [-0.15, -0.1) is 0 Å². The van der Waals surface area contributed by atoms with Gasteiger partial charge in [0.25, 0.3) is 11.5 Å². The van der Waals surface area contributed by atoms with Crippen LogP contribution in [0.2, 0.25) is 5.02 Å². The van der Waals surface area contributed by atoms with Gasteiger partial charge in [0.2, 0.25) is 0 Å². The quantitative estimate of drug-likeness (QED) is 0.330. The van der Waals surface area contributed by atoms with E-state index in [-0.39, 0.29) is 45.8 Å². The van der Waals surface area contributed by atoms with Crippen molar-refractivity contribution in [1.82, 2.24) is 29.4 Å². The monoisotopic (exact) mass is 570 g/mol. The lowest BCUT2D eigenvalue weighted by molar-refractivity contribution is -0.137. The number of hydrogen-bond donors (Lipinski definition) is 2. The third-order valence-electron chi connectivity index (χ3n) is 7.27. The van der Waals surface area contributed by atoms with Crippen molar-refractivity contribution in [3.63, 3.8) is 0 Å². The molecule has 4 heterocycles. The van der Waals surface area contributed by atoms with Crippen LogP contribution in [-0.4, -0.2) is 59.7 Å². The zero-order valence-electron chi connectivity index (χ0n) is 21.0. The normalized spacial score (nSPS) is 15.9. The SMILES string of the molecule is Cn1ncc2c3[nH]n(-c4ccc(Cl)c(C(=O)N5CCC[C@@H]5CO)c4)c(=O)c3c(-c3cccc(C(F)(F)F)c3)nc21. The van der Waals surface area contributed by atoms with Crippen LogP contribution in [-0.2, 0) is 13.2 Å². The number of aromatic nitrogens is 5. The molecule has 0 spiro atoms. The fourth-order valence-corrected chi connectivity index (χ4v) is 5.45. The predicted octanol–water partition coefficient (Wildman–Crippen LogP) is 4.54. The van der Waals surface area contributed by atoms with E-state index in [1.165, 1.54) is 39.8 Å². The molecule has 1 saturated heterocycles. The van der Waals surface area contributed by atoms with Crippen molar-refractivity contribution in [3.8, 4) is 16.9 Å². The number of H-pyrrole nitrogens is 1. The van der Waals surface area contributed by atoms with Gasteiger partial charge in [0, 0.05) is 19.2 Å². The Morgan fingerprint density at radius 1 is 1.23 bits per heavy atom. The highest BCUT2D eigenvalue weighted by atomic mass is 35.5. The summed E-state index contributed by atoms with van der Waals surface area (Å²) in [5.41, 5.74) is -0.121. The van der Waals surface area contributed by atoms with Crippen LogP contribution in [0.3, 0.4) is 0 Å². The zero-order valence-corrected chi connectivity index (χ0v) is 21.8. The number of halogens is 4. The minimum Gasteiger partial charge on any atom is -0.394 e. The second-order valence-electron chi connectivity index (χ2n) is 9.69. The number of amides is 1. The van der Waals surface area contributed by atoms with E-state index in [1.54, 1.807) is 18.0 Å². The van der Waals surface area contributed by atoms with Gasteiger partial charge in [-0.1, -0.05) is 23.7 Å². The first-order valence-corrected chi connectivity index (χ1v) is 12.8. The Labute approximate surface area is 229 Å². The van der Waals surface area contributed by atoms with E-state index in [0.717, 1.165) is 18.6 Å². The van der Waals surface area contributed by atoms with Crippen LogP contribution < -0.4 is 5.56 Å². The van der Waals surface area contributed by atoms with E-state index in [9.17, 15) is 27.9 Å². The highest BCUT2D eigenvalue weighted by Gasteiger charge is 2.32. The molecular weight excluding hydrogens is 549 g/mol. The van der Waals surface area contributed by atoms with Crippen molar-refractivity contribution in [2.45, 2.75) is 25.1 Å². The highest BCUT2D eigenvalue weighted by molar-refractivity contribution is 6.34. The number of alkyl halides is 3. The van der Waals surface area contributed by atoms with Crippen LogP contribution in [0.4, 0.5) is 13.2 Å². The second kappa shape index (κ2) is 9.49. The molecule has 3 aromatic heterocycles. The number of aryl methyl sites for hydroxylation is 1. The number of carbonyl (C=O) groups excluding carboxylic acids is 1. The van der Waals surface area contributed by atoms with E-state index in [2.05, 4.69) is 15.2 Å². The van der Waals surface area contributed by atoms with Crippen molar-refractivity contribution in [1.29, 1.82) is 0 Å². The molecule has 13 heteroatoms. The molecule has 1 atom stereocenters. The number of aliphatic hydroxyl groups excluding tert-OH is 1. The number of fused-ring (bicyclic) bond motifs is 3. The first-order valence-electron chi connectivity index (χ1n) is 12.4. The first kappa shape index (κ1) is 26.1. The number of hydrogen-bond acceptors (Lipinski definition) is 5. The maximum absolute atomic E-state index is 13.9. The lowest BCUT2D eigenvalue weighted by Gasteiger charge is -2.23. The smallest absolute Gasteiger partial charge is 0.394 e. The lowest BCUT2D eigenvalue weighted by Crippen LogP contribution is -2.37. The van der Waals surface area contributed by atoms with Crippen molar-refractivity contribution in [2.75, 3.05) is 13.2 Å².